The van der Waals surface area contributed by atoms with Crippen LogP contribution >= 0.6 is 0 Å². The van der Waals surface area contributed by atoms with Gasteiger partial charge in [0.05, 0.1) is 12.3 Å². The molecule has 118 valence electrons. The lowest BCUT2D eigenvalue weighted by molar-refractivity contribution is -0.131. The molecule has 0 spiro atoms. The molecule has 0 saturated carbocycles. The van der Waals surface area contributed by atoms with Gasteiger partial charge in [-0.15, -0.1) is 0 Å². The van der Waals surface area contributed by atoms with Gasteiger partial charge in [0.15, 0.2) is 6.10 Å². The van der Waals surface area contributed by atoms with Crippen LogP contribution < -0.4 is 5.32 Å². The molecule has 2 atom stereocenters. The first-order chi connectivity index (χ1) is 10.5. The van der Waals surface area contributed by atoms with Gasteiger partial charge >= 0.3 is 0 Å². The molecule has 0 aliphatic carbocycles. The number of carbonyl (C=O) groups is 1. The average Bonchev–Trinajstić information content (AvgIpc) is 2.92. The summed E-state index contributed by atoms with van der Waals surface area (Å²) in [7, 11) is 1.54. The molecule has 2 heterocycles. The number of amides is 1. The molecule has 22 heavy (non-hydrogen) atoms. The van der Waals surface area contributed by atoms with Crippen molar-refractivity contribution in [1.29, 1.82) is 0 Å². The Balaban J connectivity index is 2.10. The van der Waals surface area contributed by atoms with E-state index in [2.05, 4.69) is 10.3 Å². The molecular weight excluding hydrogens is 284 g/mol. The summed E-state index contributed by atoms with van der Waals surface area (Å²) in [4.78, 5) is 16.4. The van der Waals surface area contributed by atoms with Crippen LogP contribution in [0.3, 0.4) is 0 Å². The molecule has 6 nitrogen and oxygen atoms in total. The monoisotopic (exact) mass is 304 g/mol. The predicted octanol–water partition coefficient (Wildman–Crippen LogP) is 1.83. The average molecular weight is 304 g/mol. The summed E-state index contributed by atoms with van der Waals surface area (Å²) in [5, 5.41) is 12.9. The van der Waals surface area contributed by atoms with Gasteiger partial charge in [0, 0.05) is 12.8 Å². The topological polar surface area (TPSA) is 84.6 Å². The number of hydrogen-bond donors (Lipinski definition) is 2. The molecule has 0 aliphatic rings. The highest BCUT2D eigenvalue weighted by Crippen LogP contribution is 2.19. The largest absolute Gasteiger partial charge is 0.464 e. The number of ether oxygens (including phenoxy) is 1. The summed E-state index contributed by atoms with van der Waals surface area (Å²) < 4.78 is 10.6. The van der Waals surface area contributed by atoms with E-state index < -0.39 is 18.1 Å². The molecule has 0 bridgehead atoms. The Morgan fingerprint density at radius 1 is 1.36 bits per heavy atom. The summed E-state index contributed by atoms with van der Waals surface area (Å²) in [5.74, 6) is 0.776. The van der Waals surface area contributed by atoms with E-state index in [4.69, 9.17) is 9.15 Å². The number of rotatable bonds is 6. The Bertz CT molecular complexity index is 639. The maximum atomic E-state index is 12.2. The van der Waals surface area contributed by atoms with Crippen LogP contribution in [0.2, 0.25) is 0 Å². The molecule has 0 aromatic carbocycles. The highest BCUT2D eigenvalue weighted by Gasteiger charge is 2.24. The number of methoxy groups -OCH3 is 1. The molecule has 0 fully saturated rings. The minimum Gasteiger partial charge on any atom is -0.464 e. The van der Waals surface area contributed by atoms with E-state index in [1.165, 1.54) is 7.11 Å². The van der Waals surface area contributed by atoms with Crippen LogP contribution in [0.1, 0.15) is 35.1 Å². The summed E-state index contributed by atoms with van der Waals surface area (Å²) in [6.45, 7) is 3.86. The third-order valence-corrected chi connectivity index (χ3v) is 3.19. The second kappa shape index (κ2) is 7.20. The van der Waals surface area contributed by atoms with Crippen molar-refractivity contribution in [2.45, 2.75) is 26.0 Å². The van der Waals surface area contributed by atoms with Crippen molar-refractivity contribution in [2.24, 2.45) is 0 Å². The normalized spacial score (nSPS) is 13.6. The maximum Gasteiger partial charge on any atom is 0.255 e. The fourth-order valence-electron chi connectivity index (χ4n) is 2.10. The summed E-state index contributed by atoms with van der Waals surface area (Å²) >= 11 is 0. The Morgan fingerprint density at radius 2 is 2.14 bits per heavy atom. The van der Waals surface area contributed by atoms with Crippen LogP contribution in [0.5, 0.6) is 0 Å². The second-order valence-corrected chi connectivity index (χ2v) is 5.07. The number of nitrogens with zero attached hydrogens (tertiary/aromatic N) is 1. The first-order valence-electron chi connectivity index (χ1n) is 6.98. The van der Waals surface area contributed by atoms with Crippen LogP contribution in [-0.2, 0) is 9.53 Å². The Labute approximate surface area is 129 Å². The first-order valence-corrected chi connectivity index (χ1v) is 6.98. The third-order valence-electron chi connectivity index (χ3n) is 3.19. The van der Waals surface area contributed by atoms with Crippen molar-refractivity contribution < 1.29 is 19.1 Å². The number of aryl methyl sites for hydroxylation is 2. The minimum atomic E-state index is -1.34. The van der Waals surface area contributed by atoms with Crippen molar-refractivity contribution >= 4 is 5.91 Å². The minimum absolute atomic E-state index is 0.243. The van der Waals surface area contributed by atoms with Gasteiger partial charge in [-0.25, -0.2) is 0 Å². The van der Waals surface area contributed by atoms with Crippen molar-refractivity contribution in [1.82, 2.24) is 10.3 Å². The standard InChI is InChI=1S/C16H20N2O4/c1-10-5-4-6-12(17-10)15(19)16(20)18-13(9-21-3)14-8-7-11(2)22-14/h4-8,13,15,19H,9H2,1-3H3,(H,18,20). The quantitative estimate of drug-likeness (QED) is 0.850. The zero-order valence-electron chi connectivity index (χ0n) is 12.9. The summed E-state index contributed by atoms with van der Waals surface area (Å²) in [6, 6.07) is 8.27. The number of aliphatic hydroxyl groups excluding tert-OH is 1. The number of aromatic nitrogens is 1. The number of hydrogen-bond acceptors (Lipinski definition) is 5. The number of pyridine rings is 1. The number of carbonyl (C=O) groups excluding carboxylic acids is 1. The molecule has 2 N–H and O–H groups in total. The Hall–Kier alpha value is -2.18. The third kappa shape index (κ3) is 3.93. The van der Waals surface area contributed by atoms with Gasteiger partial charge < -0.3 is 19.6 Å². The van der Waals surface area contributed by atoms with Crippen LogP contribution in [0.15, 0.2) is 34.7 Å². The van der Waals surface area contributed by atoms with E-state index in [-0.39, 0.29) is 6.61 Å². The number of nitrogens with one attached hydrogen (secondary N) is 1. The maximum absolute atomic E-state index is 12.2. The van der Waals surface area contributed by atoms with E-state index in [0.717, 1.165) is 11.5 Å². The van der Waals surface area contributed by atoms with Crippen LogP contribution in [-0.4, -0.2) is 29.7 Å². The van der Waals surface area contributed by atoms with Gasteiger partial charge in [-0.05, 0) is 38.1 Å². The lowest BCUT2D eigenvalue weighted by Crippen LogP contribution is -2.35. The number of furan rings is 1. The van der Waals surface area contributed by atoms with Gasteiger partial charge in [-0.2, -0.15) is 0 Å². The van der Waals surface area contributed by atoms with Crippen molar-refractivity contribution in [2.75, 3.05) is 13.7 Å². The smallest absolute Gasteiger partial charge is 0.255 e. The van der Waals surface area contributed by atoms with Gasteiger partial charge in [0.1, 0.15) is 17.6 Å². The number of aliphatic hydroxyl groups is 1. The van der Waals surface area contributed by atoms with Gasteiger partial charge in [0.2, 0.25) is 0 Å². The highest BCUT2D eigenvalue weighted by molar-refractivity contribution is 5.81. The predicted molar refractivity (Wildman–Crippen MR) is 80.1 cm³/mol. The SMILES string of the molecule is COCC(NC(=O)C(O)c1cccc(C)n1)c1ccc(C)o1. The lowest BCUT2D eigenvalue weighted by Gasteiger charge is -2.18. The van der Waals surface area contributed by atoms with Crippen LogP contribution in [0, 0.1) is 13.8 Å². The molecule has 2 rings (SSSR count). The molecule has 0 aliphatic heterocycles. The fraction of sp³-hybridized carbons (Fsp3) is 0.375. The van der Waals surface area contributed by atoms with E-state index in [0.29, 0.717) is 11.5 Å². The highest BCUT2D eigenvalue weighted by atomic mass is 16.5. The molecule has 6 heteroatoms. The second-order valence-electron chi connectivity index (χ2n) is 5.07. The Kier molecular flexibility index (Phi) is 5.30. The molecule has 0 saturated heterocycles. The van der Waals surface area contributed by atoms with Gasteiger partial charge in [-0.3, -0.25) is 9.78 Å². The van der Waals surface area contributed by atoms with E-state index in [1.807, 2.05) is 13.0 Å². The van der Waals surface area contributed by atoms with Crippen molar-refractivity contribution in [3.05, 3.63) is 53.2 Å². The molecule has 2 aromatic rings. The lowest BCUT2D eigenvalue weighted by atomic mass is 10.1. The van der Waals surface area contributed by atoms with Crippen LogP contribution in [0.25, 0.3) is 0 Å². The first kappa shape index (κ1) is 16.2. The van der Waals surface area contributed by atoms with Gasteiger partial charge in [0.25, 0.3) is 5.91 Å². The molecule has 2 aromatic heterocycles. The molecule has 2 unspecified atom stereocenters. The zero-order chi connectivity index (χ0) is 16.1. The van der Waals surface area contributed by atoms with E-state index in [9.17, 15) is 9.90 Å². The summed E-state index contributed by atoms with van der Waals surface area (Å²) in [5.41, 5.74) is 1.05. The van der Waals surface area contributed by atoms with Crippen molar-refractivity contribution in [3.63, 3.8) is 0 Å². The summed E-state index contributed by atoms with van der Waals surface area (Å²) in [6.07, 6.45) is -1.34. The molecule has 0 radical (unpaired) electrons. The van der Waals surface area contributed by atoms with Crippen molar-refractivity contribution in [3.8, 4) is 0 Å². The van der Waals surface area contributed by atoms with Gasteiger partial charge in [-0.1, -0.05) is 6.07 Å². The van der Waals surface area contributed by atoms with Crippen LogP contribution in [0.4, 0.5) is 0 Å². The Morgan fingerprint density at radius 3 is 2.73 bits per heavy atom. The molecular formula is C16H20N2O4. The fourth-order valence-corrected chi connectivity index (χ4v) is 2.10. The zero-order valence-corrected chi connectivity index (χ0v) is 12.9. The van der Waals surface area contributed by atoms with E-state index >= 15 is 0 Å². The molecule has 1 amide bonds. The van der Waals surface area contributed by atoms with E-state index in [1.54, 1.807) is 31.2 Å².